The number of amides is 2. The fourth-order valence-electron chi connectivity index (χ4n) is 5.61. The first kappa shape index (κ1) is 27.0. The molecule has 0 radical (unpaired) electrons. The van der Waals surface area contributed by atoms with Gasteiger partial charge in [0, 0.05) is 48.8 Å². The van der Waals surface area contributed by atoms with Gasteiger partial charge in [-0.3, -0.25) is 19.5 Å². The number of aromatic nitrogens is 5. The Hall–Kier alpha value is -4.22. The van der Waals surface area contributed by atoms with Gasteiger partial charge in [-0.1, -0.05) is 29.3 Å². The standard InChI is InChI=1S/C28H26Cl2N8O3/c1-13(2)37-22-21(34-23(37)17-12-32-27(36(4)5)35-24(17)41-6)25(39)38(20-10-16(30)11-31-14(20)3)28(22)18-8-7-15(29)9-19(18)33-26(28)40/h7-13H,1-6H3,(H,33,40)/t28-/m1/s1. The molecule has 1 aromatic carbocycles. The number of nitrogens with one attached hydrogen (secondary N) is 1. The van der Waals surface area contributed by atoms with Crippen LogP contribution in [0.15, 0.2) is 36.7 Å². The summed E-state index contributed by atoms with van der Waals surface area (Å²) in [5.74, 6) is 0.224. The zero-order valence-electron chi connectivity index (χ0n) is 23.2. The first-order valence-corrected chi connectivity index (χ1v) is 13.6. The molecule has 2 amide bonds. The molecule has 1 N–H and O–H groups in total. The molecule has 1 atom stereocenters. The van der Waals surface area contributed by atoms with E-state index in [9.17, 15) is 9.59 Å². The number of hydrogen-bond acceptors (Lipinski definition) is 8. The van der Waals surface area contributed by atoms with Gasteiger partial charge in [0.15, 0.2) is 11.2 Å². The van der Waals surface area contributed by atoms with Gasteiger partial charge >= 0.3 is 0 Å². The number of fused-ring (bicyclic) bond motifs is 4. The molecule has 0 saturated heterocycles. The van der Waals surface area contributed by atoms with Crippen molar-refractivity contribution in [3.63, 3.8) is 0 Å². The Morgan fingerprint density at radius 2 is 1.80 bits per heavy atom. The van der Waals surface area contributed by atoms with E-state index in [1.54, 1.807) is 42.3 Å². The van der Waals surface area contributed by atoms with Crippen molar-refractivity contribution in [3.05, 3.63) is 69.3 Å². The summed E-state index contributed by atoms with van der Waals surface area (Å²) in [6, 6.07) is 6.51. The molecule has 5 heterocycles. The van der Waals surface area contributed by atoms with E-state index in [0.29, 0.717) is 55.7 Å². The average Bonchev–Trinajstić information content (AvgIpc) is 3.53. The summed E-state index contributed by atoms with van der Waals surface area (Å²) >= 11 is 12.7. The molecule has 6 rings (SSSR count). The Morgan fingerprint density at radius 3 is 2.49 bits per heavy atom. The van der Waals surface area contributed by atoms with Gasteiger partial charge in [-0.25, -0.2) is 9.97 Å². The highest BCUT2D eigenvalue weighted by Gasteiger charge is 2.64. The van der Waals surface area contributed by atoms with Crippen LogP contribution in [0, 0.1) is 6.92 Å². The average molecular weight is 593 g/mol. The van der Waals surface area contributed by atoms with Crippen molar-refractivity contribution in [2.45, 2.75) is 32.4 Å². The highest BCUT2D eigenvalue weighted by molar-refractivity contribution is 6.32. The number of carbonyl (C=O) groups is 2. The molecule has 0 unspecified atom stereocenters. The Morgan fingerprint density at radius 1 is 1.05 bits per heavy atom. The summed E-state index contributed by atoms with van der Waals surface area (Å²) in [4.78, 5) is 50.2. The third-order valence-corrected chi connectivity index (χ3v) is 7.74. The minimum Gasteiger partial charge on any atom is -0.480 e. The van der Waals surface area contributed by atoms with Crippen LogP contribution in [0.1, 0.15) is 47.3 Å². The molecular formula is C28H26Cl2N8O3. The Bertz CT molecular complexity index is 1770. The molecule has 0 fully saturated rings. The van der Waals surface area contributed by atoms with E-state index in [4.69, 9.17) is 32.9 Å². The predicted molar refractivity (Wildman–Crippen MR) is 156 cm³/mol. The van der Waals surface area contributed by atoms with Crippen molar-refractivity contribution < 1.29 is 14.3 Å². The number of hydrogen-bond donors (Lipinski definition) is 1. The maximum atomic E-state index is 14.5. The molecule has 0 saturated carbocycles. The number of aryl methyl sites for hydroxylation is 1. The molecule has 11 nitrogen and oxygen atoms in total. The van der Waals surface area contributed by atoms with Crippen molar-refractivity contribution in [1.82, 2.24) is 24.5 Å². The summed E-state index contributed by atoms with van der Waals surface area (Å²) in [6.45, 7) is 5.67. The van der Waals surface area contributed by atoms with Crippen molar-refractivity contribution in [2.24, 2.45) is 0 Å². The third kappa shape index (κ3) is 3.72. The number of pyridine rings is 1. The number of halogens is 2. The number of carbonyl (C=O) groups excluding carboxylic acids is 2. The van der Waals surface area contributed by atoms with E-state index in [-0.39, 0.29) is 17.6 Å². The number of ether oxygens (including phenoxy) is 1. The molecule has 13 heteroatoms. The summed E-state index contributed by atoms with van der Waals surface area (Å²) in [5, 5.41) is 3.72. The van der Waals surface area contributed by atoms with Crippen molar-refractivity contribution >= 4 is 52.3 Å². The van der Waals surface area contributed by atoms with E-state index < -0.39 is 17.4 Å². The van der Waals surface area contributed by atoms with Gasteiger partial charge in [-0.05, 0) is 39.0 Å². The van der Waals surface area contributed by atoms with Crippen LogP contribution in [0.3, 0.4) is 0 Å². The van der Waals surface area contributed by atoms with Gasteiger partial charge in [-0.2, -0.15) is 4.98 Å². The maximum Gasteiger partial charge on any atom is 0.280 e. The maximum absolute atomic E-state index is 14.5. The van der Waals surface area contributed by atoms with Crippen LogP contribution < -0.4 is 19.9 Å². The lowest BCUT2D eigenvalue weighted by atomic mass is 9.87. The fourth-order valence-corrected chi connectivity index (χ4v) is 5.93. The Labute approximate surface area is 246 Å². The Balaban J connectivity index is 1.72. The lowest BCUT2D eigenvalue weighted by Crippen LogP contribution is -2.51. The lowest BCUT2D eigenvalue weighted by Gasteiger charge is -2.36. The molecule has 41 heavy (non-hydrogen) atoms. The zero-order chi connectivity index (χ0) is 29.4. The van der Waals surface area contributed by atoms with Gasteiger partial charge in [-0.15, -0.1) is 0 Å². The Kier molecular flexibility index (Phi) is 6.20. The number of nitrogens with zero attached hydrogens (tertiary/aromatic N) is 7. The minimum absolute atomic E-state index is 0.116. The first-order chi connectivity index (χ1) is 19.5. The normalized spacial score (nSPS) is 17.3. The van der Waals surface area contributed by atoms with Crippen molar-refractivity contribution in [1.29, 1.82) is 0 Å². The molecule has 4 aromatic rings. The van der Waals surface area contributed by atoms with Crippen molar-refractivity contribution in [2.75, 3.05) is 36.3 Å². The zero-order valence-corrected chi connectivity index (χ0v) is 24.7. The topological polar surface area (TPSA) is 118 Å². The largest absolute Gasteiger partial charge is 0.480 e. The quantitative estimate of drug-likeness (QED) is 0.349. The van der Waals surface area contributed by atoms with Crippen LogP contribution in [0.4, 0.5) is 17.3 Å². The molecular weight excluding hydrogens is 567 g/mol. The summed E-state index contributed by atoms with van der Waals surface area (Å²) in [7, 11) is 5.16. The molecule has 2 aliphatic heterocycles. The summed E-state index contributed by atoms with van der Waals surface area (Å²) in [5.41, 5.74) is 1.34. The van der Waals surface area contributed by atoms with E-state index in [0.717, 1.165) is 0 Å². The van der Waals surface area contributed by atoms with Crippen LogP contribution in [0.2, 0.25) is 10.0 Å². The third-order valence-electron chi connectivity index (χ3n) is 7.30. The molecule has 0 bridgehead atoms. The number of benzene rings is 1. The molecule has 0 aliphatic carbocycles. The second-order valence-electron chi connectivity index (χ2n) is 10.3. The van der Waals surface area contributed by atoms with E-state index >= 15 is 0 Å². The molecule has 2 aliphatic rings. The van der Waals surface area contributed by atoms with Gasteiger partial charge in [0.2, 0.25) is 11.8 Å². The molecule has 1 spiro atoms. The van der Waals surface area contributed by atoms with E-state index in [1.165, 1.54) is 18.2 Å². The van der Waals surface area contributed by atoms with Gasteiger partial charge < -0.3 is 19.5 Å². The fraction of sp³-hybridized carbons (Fsp3) is 0.286. The predicted octanol–water partition coefficient (Wildman–Crippen LogP) is 4.86. The van der Waals surface area contributed by atoms with E-state index in [2.05, 4.69) is 20.3 Å². The van der Waals surface area contributed by atoms with E-state index in [1.807, 2.05) is 32.5 Å². The highest BCUT2D eigenvalue weighted by Crippen LogP contribution is 2.55. The van der Waals surface area contributed by atoms with Gasteiger partial charge in [0.25, 0.3) is 11.8 Å². The van der Waals surface area contributed by atoms with Crippen molar-refractivity contribution in [3.8, 4) is 17.3 Å². The second kappa shape index (κ2) is 9.42. The number of anilines is 3. The summed E-state index contributed by atoms with van der Waals surface area (Å²) < 4.78 is 7.51. The number of rotatable bonds is 5. The highest BCUT2D eigenvalue weighted by atomic mass is 35.5. The SMILES string of the molecule is COc1nc(N(C)C)ncc1-c1nc2c(n1C(C)C)[C@]1(C(=O)Nc3cc(Cl)ccc31)N(c1cc(Cl)cnc1C)C2=O. The second-order valence-corrected chi connectivity index (χ2v) is 11.2. The summed E-state index contributed by atoms with van der Waals surface area (Å²) in [6.07, 6.45) is 3.11. The molecule has 3 aromatic heterocycles. The number of imidazole rings is 1. The minimum atomic E-state index is -1.63. The van der Waals surface area contributed by atoms with Crippen LogP contribution in [-0.2, 0) is 10.3 Å². The van der Waals surface area contributed by atoms with Gasteiger partial charge in [0.05, 0.1) is 34.8 Å². The van der Waals surface area contributed by atoms with Crippen LogP contribution in [0.25, 0.3) is 11.4 Å². The smallest absolute Gasteiger partial charge is 0.280 e. The van der Waals surface area contributed by atoms with Crippen LogP contribution in [0.5, 0.6) is 5.88 Å². The van der Waals surface area contributed by atoms with Gasteiger partial charge in [0.1, 0.15) is 5.82 Å². The molecule has 210 valence electrons. The lowest BCUT2D eigenvalue weighted by molar-refractivity contribution is -0.119. The monoisotopic (exact) mass is 592 g/mol. The first-order valence-electron chi connectivity index (χ1n) is 12.8. The van der Waals surface area contributed by atoms with Crippen LogP contribution in [-0.4, -0.2) is 57.5 Å². The number of methoxy groups -OCH3 is 1. The van der Waals surface area contributed by atoms with Crippen LogP contribution >= 0.6 is 23.2 Å².